The number of methoxy groups -OCH3 is 1. The summed E-state index contributed by atoms with van der Waals surface area (Å²) in [5.74, 6) is 4.29. The molecule has 4 aromatic rings. The van der Waals surface area contributed by atoms with E-state index in [1.807, 2.05) is 24.3 Å². The van der Waals surface area contributed by atoms with Crippen molar-refractivity contribution in [3.63, 3.8) is 0 Å². The predicted octanol–water partition coefficient (Wildman–Crippen LogP) is 6.47. The Labute approximate surface area is 191 Å². The van der Waals surface area contributed by atoms with Gasteiger partial charge in [0, 0.05) is 34.9 Å². The highest BCUT2D eigenvalue weighted by molar-refractivity contribution is 6.83. The number of halogens is 2. The van der Waals surface area contributed by atoms with Gasteiger partial charge in [0.1, 0.15) is 13.9 Å². The van der Waals surface area contributed by atoms with Crippen molar-refractivity contribution in [3.05, 3.63) is 58.5 Å². The quantitative estimate of drug-likeness (QED) is 0.213. The molecule has 31 heavy (non-hydrogen) atoms. The SMILES string of the molecule is COc1nccc2c(Nc3c(Cl)cc(C#C[Si](C)(C)C)cc3Cl)nc3ccncc3c12. The average Bonchev–Trinajstić information content (AvgIpc) is 2.73. The van der Waals surface area contributed by atoms with E-state index in [9.17, 15) is 0 Å². The normalized spacial score (nSPS) is 11.3. The molecule has 0 amide bonds. The lowest BCUT2D eigenvalue weighted by molar-refractivity contribution is 0.403. The van der Waals surface area contributed by atoms with Crippen LogP contribution in [0.3, 0.4) is 0 Å². The van der Waals surface area contributed by atoms with Crippen LogP contribution in [-0.2, 0) is 0 Å². The zero-order chi connectivity index (χ0) is 22.2. The van der Waals surface area contributed by atoms with Crippen LogP contribution in [0.1, 0.15) is 5.56 Å². The number of anilines is 2. The molecule has 156 valence electrons. The second-order valence-corrected chi connectivity index (χ2v) is 13.6. The van der Waals surface area contributed by atoms with Gasteiger partial charge >= 0.3 is 0 Å². The van der Waals surface area contributed by atoms with Crippen LogP contribution in [0.15, 0.2) is 42.9 Å². The van der Waals surface area contributed by atoms with Crippen molar-refractivity contribution in [2.24, 2.45) is 0 Å². The minimum absolute atomic E-state index is 0.471. The molecule has 0 radical (unpaired) electrons. The standard InChI is InChI=1S/C23H20Cl2N4OSi/c1-30-23-20-15(5-9-27-23)22(28-19-6-8-26-13-16(19)20)29-21-17(24)11-14(12-18(21)25)7-10-31(2,3)4/h5-6,8-9,11-13H,1-4H3,(H,28,29). The minimum atomic E-state index is -1.51. The lowest BCUT2D eigenvalue weighted by atomic mass is 10.1. The van der Waals surface area contributed by atoms with Gasteiger partial charge in [-0.3, -0.25) is 4.98 Å². The van der Waals surface area contributed by atoms with E-state index in [1.54, 1.807) is 25.7 Å². The maximum Gasteiger partial charge on any atom is 0.221 e. The molecular formula is C23H20Cl2N4OSi. The van der Waals surface area contributed by atoms with E-state index in [1.165, 1.54) is 0 Å². The van der Waals surface area contributed by atoms with Gasteiger partial charge in [0.15, 0.2) is 0 Å². The number of ether oxygens (including phenoxy) is 1. The van der Waals surface area contributed by atoms with E-state index in [2.05, 4.69) is 46.4 Å². The Kier molecular flexibility index (Phi) is 5.76. The van der Waals surface area contributed by atoms with Gasteiger partial charge in [-0.2, -0.15) is 0 Å². The van der Waals surface area contributed by atoms with Gasteiger partial charge in [-0.25, -0.2) is 9.97 Å². The molecular weight excluding hydrogens is 447 g/mol. The lowest BCUT2D eigenvalue weighted by Gasteiger charge is -2.15. The summed E-state index contributed by atoms with van der Waals surface area (Å²) < 4.78 is 5.50. The number of nitrogens with zero attached hydrogens (tertiary/aromatic N) is 3. The first kappa shape index (κ1) is 21.4. The van der Waals surface area contributed by atoms with Gasteiger partial charge < -0.3 is 10.1 Å². The Morgan fingerprint density at radius 2 is 1.77 bits per heavy atom. The molecule has 0 saturated carbocycles. The first-order valence-corrected chi connectivity index (χ1v) is 13.9. The molecule has 0 aliphatic rings. The minimum Gasteiger partial charge on any atom is -0.481 e. The number of rotatable bonds is 3. The summed E-state index contributed by atoms with van der Waals surface area (Å²) in [4.78, 5) is 13.3. The van der Waals surface area contributed by atoms with E-state index in [4.69, 9.17) is 32.9 Å². The molecule has 1 N–H and O–H groups in total. The Bertz CT molecular complexity index is 1350. The molecule has 0 aliphatic carbocycles. The molecule has 3 heterocycles. The van der Waals surface area contributed by atoms with Crippen molar-refractivity contribution < 1.29 is 4.74 Å². The maximum absolute atomic E-state index is 6.58. The Balaban J connectivity index is 1.86. The number of hydrogen-bond acceptors (Lipinski definition) is 5. The first-order chi connectivity index (χ1) is 14.8. The Morgan fingerprint density at radius 1 is 1.03 bits per heavy atom. The Hall–Kier alpha value is -2.85. The largest absolute Gasteiger partial charge is 0.481 e. The van der Waals surface area contributed by atoms with Crippen LogP contribution >= 0.6 is 23.2 Å². The van der Waals surface area contributed by atoms with Gasteiger partial charge in [0.2, 0.25) is 5.88 Å². The van der Waals surface area contributed by atoms with Crippen molar-refractivity contribution in [1.82, 2.24) is 15.0 Å². The molecule has 0 spiro atoms. The molecule has 0 fully saturated rings. The molecule has 4 rings (SSSR count). The molecule has 0 saturated heterocycles. The number of nitrogens with one attached hydrogen (secondary N) is 1. The molecule has 3 aromatic heterocycles. The fourth-order valence-electron chi connectivity index (χ4n) is 3.15. The van der Waals surface area contributed by atoms with Crippen LogP contribution < -0.4 is 10.1 Å². The van der Waals surface area contributed by atoms with E-state index < -0.39 is 8.07 Å². The molecule has 0 atom stereocenters. The summed E-state index contributed by atoms with van der Waals surface area (Å²) >= 11 is 13.2. The first-order valence-electron chi connectivity index (χ1n) is 9.62. The highest BCUT2D eigenvalue weighted by Gasteiger charge is 2.16. The van der Waals surface area contributed by atoms with Crippen molar-refractivity contribution in [2.45, 2.75) is 19.6 Å². The number of fused-ring (bicyclic) bond motifs is 3. The number of benzene rings is 1. The number of hydrogen-bond donors (Lipinski definition) is 1. The monoisotopic (exact) mass is 466 g/mol. The van der Waals surface area contributed by atoms with Crippen LogP contribution in [-0.4, -0.2) is 30.1 Å². The summed E-state index contributed by atoms with van der Waals surface area (Å²) in [6, 6.07) is 7.34. The molecule has 1 aromatic carbocycles. The highest BCUT2D eigenvalue weighted by Crippen LogP contribution is 2.38. The van der Waals surface area contributed by atoms with Gasteiger partial charge in [0.05, 0.1) is 33.7 Å². The number of aromatic nitrogens is 3. The van der Waals surface area contributed by atoms with Crippen LogP contribution in [0.25, 0.3) is 21.7 Å². The lowest BCUT2D eigenvalue weighted by Crippen LogP contribution is -2.16. The second-order valence-electron chi connectivity index (χ2n) is 8.04. The molecule has 8 heteroatoms. The van der Waals surface area contributed by atoms with E-state index >= 15 is 0 Å². The molecule has 0 aliphatic heterocycles. The van der Waals surface area contributed by atoms with Gasteiger partial charge in [-0.15, -0.1) is 5.54 Å². The van der Waals surface area contributed by atoms with Crippen LogP contribution in [0.2, 0.25) is 29.7 Å². The summed E-state index contributed by atoms with van der Waals surface area (Å²) in [6.07, 6.45) is 5.12. The fraction of sp³-hybridized carbons (Fsp3) is 0.174. The van der Waals surface area contributed by atoms with Crippen LogP contribution in [0, 0.1) is 11.5 Å². The zero-order valence-electron chi connectivity index (χ0n) is 17.5. The van der Waals surface area contributed by atoms with Crippen molar-refractivity contribution in [3.8, 4) is 17.3 Å². The van der Waals surface area contributed by atoms with Crippen molar-refractivity contribution in [2.75, 3.05) is 12.4 Å². The number of pyridine rings is 3. The maximum atomic E-state index is 6.58. The zero-order valence-corrected chi connectivity index (χ0v) is 20.1. The third-order valence-electron chi connectivity index (χ3n) is 4.53. The van der Waals surface area contributed by atoms with Gasteiger partial charge in [0.25, 0.3) is 0 Å². The summed E-state index contributed by atoms with van der Waals surface area (Å²) in [5.41, 5.74) is 5.44. The van der Waals surface area contributed by atoms with Crippen LogP contribution in [0.5, 0.6) is 5.88 Å². The van der Waals surface area contributed by atoms with Crippen LogP contribution in [0.4, 0.5) is 11.5 Å². The van der Waals surface area contributed by atoms with E-state index in [0.717, 1.165) is 27.2 Å². The third kappa shape index (κ3) is 4.44. The van der Waals surface area contributed by atoms with Gasteiger partial charge in [-0.1, -0.05) is 48.8 Å². The van der Waals surface area contributed by atoms with E-state index in [-0.39, 0.29) is 0 Å². The van der Waals surface area contributed by atoms with Gasteiger partial charge in [-0.05, 0) is 24.3 Å². The average molecular weight is 467 g/mol. The summed E-state index contributed by atoms with van der Waals surface area (Å²) in [6.45, 7) is 6.57. The predicted molar refractivity (Wildman–Crippen MR) is 131 cm³/mol. The van der Waals surface area contributed by atoms with Crippen molar-refractivity contribution >= 4 is 64.5 Å². The Morgan fingerprint density at radius 3 is 2.45 bits per heavy atom. The smallest absolute Gasteiger partial charge is 0.221 e. The summed E-state index contributed by atoms with van der Waals surface area (Å²) in [7, 11) is 0.0779. The molecule has 5 nitrogen and oxygen atoms in total. The topological polar surface area (TPSA) is 59.9 Å². The fourth-order valence-corrected chi connectivity index (χ4v) is 4.25. The van der Waals surface area contributed by atoms with E-state index in [0.29, 0.717) is 27.4 Å². The summed E-state index contributed by atoms with van der Waals surface area (Å²) in [5, 5.41) is 6.74. The third-order valence-corrected chi connectivity index (χ3v) is 6.00. The molecule has 0 unspecified atom stereocenters. The second kappa shape index (κ2) is 8.35. The highest BCUT2D eigenvalue weighted by atomic mass is 35.5. The van der Waals surface area contributed by atoms with Crippen molar-refractivity contribution in [1.29, 1.82) is 0 Å². The molecule has 0 bridgehead atoms.